The van der Waals surface area contributed by atoms with Crippen molar-refractivity contribution in [1.82, 2.24) is 24.4 Å². The summed E-state index contributed by atoms with van der Waals surface area (Å²) in [5.41, 5.74) is 4.61. The van der Waals surface area contributed by atoms with Gasteiger partial charge in [-0.1, -0.05) is 41.2 Å². The number of hydrogen-bond acceptors (Lipinski definition) is 6. The predicted molar refractivity (Wildman–Crippen MR) is 125 cm³/mol. The van der Waals surface area contributed by atoms with Crippen molar-refractivity contribution < 1.29 is 0 Å². The summed E-state index contributed by atoms with van der Waals surface area (Å²) in [6, 6.07) is 8.60. The molecular formula is C23H32N6S. The molecule has 6 nitrogen and oxygen atoms in total. The summed E-state index contributed by atoms with van der Waals surface area (Å²) in [5.74, 6) is 0.823. The molecule has 0 radical (unpaired) electrons. The van der Waals surface area contributed by atoms with Gasteiger partial charge >= 0.3 is 0 Å². The van der Waals surface area contributed by atoms with Crippen LogP contribution in [-0.4, -0.2) is 77.3 Å². The van der Waals surface area contributed by atoms with E-state index in [-0.39, 0.29) is 0 Å². The summed E-state index contributed by atoms with van der Waals surface area (Å²) in [7, 11) is 2.23. The van der Waals surface area contributed by atoms with E-state index in [1.54, 1.807) is 11.3 Å². The van der Waals surface area contributed by atoms with Crippen LogP contribution < -0.4 is 4.90 Å². The second kappa shape index (κ2) is 8.29. The van der Waals surface area contributed by atoms with Crippen molar-refractivity contribution in [3.05, 3.63) is 35.5 Å². The third kappa shape index (κ3) is 3.98. The number of aryl methyl sites for hydroxylation is 2. The molecule has 5 rings (SSSR count). The molecule has 1 aromatic carbocycles. The molecule has 7 heteroatoms. The van der Waals surface area contributed by atoms with Gasteiger partial charge in [0.25, 0.3) is 0 Å². The molecule has 2 fully saturated rings. The average molecular weight is 425 g/mol. The van der Waals surface area contributed by atoms with Crippen molar-refractivity contribution in [2.24, 2.45) is 5.92 Å². The topological polar surface area (TPSA) is 39.9 Å². The minimum atomic E-state index is 0.823. The quantitative estimate of drug-likeness (QED) is 0.641. The van der Waals surface area contributed by atoms with E-state index in [2.05, 4.69) is 59.9 Å². The number of anilines is 1. The summed E-state index contributed by atoms with van der Waals surface area (Å²) in [5, 5.41) is 6.05. The zero-order chi connectivity index (χ0) is 20.7. The first kappa shape index (κ1) is 20.0. The van der Waals surface area contributed by atoms with Crippen molar-refractivity contribution in [1.29, 1.82) is 0 Å². The van der Waals surface area contributed by atoms with Crippen LogP contribution in [0.3, 0.4) is 0 Å². The minimum Gasteiger partial charge on any atom is -0.347 e. The van der Waals surface area contributed by atoms with E-state index in [4.69, 9.17) is 10.1 Å². The summed E-state index contributed by atoms with van der Waals surface area (Å²) in [6.07, 6.45) is 2.53. The van der Waals surface area contributed by atoms with Crippen molar-refractivity contribution in [3.8, 4) is 11.3 Å². The number of rotatable bonds is 4. The first-order valence-electron chi connectivity index (χ1n) is 11.2. The van der Waals surface area contributed by atoms with Crippen molar-refractivity contribution >= 4 is 21.4 Å². The molecule has 2 aliphatic heterocycles. The van der Waals surface area contributed by atoms with Crippen LogP contribution in [0.2, 0.25) is 0 Å². The van der Waals surface area contributed by atoms with E-state index >= 15 is 0 Å². The Labute approximate surface area is 183 Å². The molecule has 0 aliphatic carbocycles. The van der Waals surface area contributed by atoms with Crippen LogP contribution in [0.4, 0.5) is 5.13 Å². The van der Waals surface area contributed by atoms with Gasteiger partial charge in [0.1, 0.15) is 0 Å². The molecule has 2 aromatic heterocycles. The molecule has 0 amide bonds. The Morgan fingerprint density at radius 2 is 1.67 bits per heavy atom. The van der Waals surface area contributed by atoms with E-state index in [0.29, 0.717) is 0 Å². The van der Waals surface area contributed by atoms with Crippen LogP contribution in [-0.2, 0) is 0 Å². The third-order valence-electron chi connectivity index (χ3n) is 6.74. The maximum Gasteiger partial charge on any atom is 0.214 e. The number of imidazole rings is 1. The highest BCUT2D eigenvalue weighted by molar-refractivity contribution is 7.20. The van der Waals surface area contributed by atoms with Gasteiger partial charge in [-0.15, -0.1) is 5.10 Å². The standard InChI is InChI=1S/C23H32N6S/c1-17-4-6-20(7-5-17)21-18(2)29-22(24-21)30-23(25-29)28-10-8-19(9-11-28)16-27-14-12-26(3)13-15-27/h4-7,19H,8-16H2,1-3H3. The minimum absolute atomic E-state index is 0.823. The Bertz CT molecular complexity index is 991. The first-order valence-corrected chi connectivity index (χ1v) is 12.0. The smallest absolute Gasteiger partial charge is 0.214 e. The third-order valence-corrected chi connectivity index (χ3v) is 7.71. The number of aromatic nitrogens is 3. The molecule has 0 bridgehead atoms. The van der Waals surface area contributed by atoms with Gasteiger partial charge in [0.2, 0.25) is 10.1 Å². The fourth-order valence-electron chi connectivity index (χ4n) is 4.65. The van der Waals surface area contributed by atoms with E-state index < -0.39 is 0 Å². The number of benzene rings is 1. The number of fused-ring (bicyclic) bond motifs is 1. The molecule has 0 N–H and O–H groups in total. The Balaban J connectivity index is 1.23. The predicted octanol–water partition coefficient (Wildman–Crippen LogP) is 3.54. The van der Waals surface area contributed by atoms with Crippen LogP contribution in [0, 0.1) is 19.8 Å². The van der Waals surface area contributed by atoms with Crippen molar-refractivity contribution in [3.63, 3.8) is 0 Å². The van der Waals surface area contributed by atoms with Crippen LogP contribution in [0.5, 0.6) is 0 Å². The van der Waals surface area contributed by atoms with Gasteiger partial charge in [0.15, 0.2) is 0 Å². The molecule has 30 heavy (non-hydrogen) atoms. The van der Waals surface area contributed by atoms with Gasteiger partial charge in [-0.25, -0.2) is 9.50 Å². The van der Waals surface area contributed by atoms with E-state index in [0.717, 1.165) is 40.5 Å². The number of piperidine rings is 1. The monoisotopic (exact) mass is 424 g/mol. The van der Waals surface area contributed by atoms with Crippen LogP contribution in [0.15, 0.2) is 24.3 Å². The molecule has 2 saturated heterocycles. The Hall–Kier alpha value is -1.96. The van der Waals surface area contributed by atoms with Gasteiger partial charge < -0.3 is 14.7 Å². The fourth-order valence-corrected chi connectivity index (χ4v) is 5.65. The van der Waals surface area contributed by atoms with Gasteiger partial charge in [0.05, 0.1) is 11.4 Å². The first-order chi connectivity index (χ1) is 14.6. The Morgan fingerprint density at radius 3 is 2.33 bits per heavy atom. The summed E-state index contributed by atoms with van der Waals surface area (Å²) in [4.78, 5) is 13.5. The SMILES string of the molecule is Cc1ccc(-c2nc3sc(N4CCC(CN5CCN(C)CC5)CC4)nn3c2C)cc1. The number of nitrogens with zero attached hydrogens (tertiary/aromatic N) is 6. The zero-order valence-corrected chi connectivity index (χ0v) is 19.2. The summed E-state index contributed by atoms with van der Waals surface area (Å²) >= 11 is 1.72. The highest BCUT2D eigenvalue weighted by Gasteiger charge is 2.25. The lowest BCUT2D eigenvalue weighted by Crippen LogP contribution is -2.47. The Kier molecular flexibility index (Phi) is 5.52. The lowest BCUT2D eigenvalue weighted by atomic mass is 9.96. The van der Waals surface area contributed by atoms with Gasteiger partial charge in [-0.3, -0.25) is 0 Å². The van der Waals surface area contributed by atoms with Crippen LogP contribution >= 0.6 is 11.3 Å². The molecule has 0 spiro atoms. The second-order valence-corrected chi connectivity index (χ2v) is 9.96. The maximum absolute atomic E-state index is 4.93. The van der Waals surface area contributed by atoms with Crippen molar-refractivity contribution in [2.75, 3.05) is 57.8 Å². The normalized spacial score (nSPS) is 19.8. The van der Waals surface area contributed by atoms with Crippen LogP contribution in [0.25, 0.3) is 16.2 Å². The van der Waals surface area contributed by atoms with E-state index in [1.807, 2.05) is 4.52 Å². The molecule has 4 heterocycles. The molecule has 160 valence electrons. The number of hydrogen-bond donors (Lipinski definition) is 0. The van der Waals surface area contributed by atoms with E-state index in [1.165, 1.54) is 56.7 Å². The molecular weight excluding hydrogens is 392 g/mol. The van der Waals surface area contributed by atoms with E-state index in [9.17, 15) is 0 Å². The highest BCUT2D eigenvalue weighted by atomic mass is 32.1. The average Bonchev–Trinajstić information content (AvgIpc) is 3.31. The van der Waals surface area contributed by atoms with Gasteiger partial charge in [-0.05, 0) is 39.7 Å². The number of likely N-dealkylation sites (N-methyl/N-ethyl adjacent to an activating group) is 1. The largest absolute Gasteiger partial charge is 0.347 e. The lowest BCUT2D eigenvalue weighted by Gasteiger charge is -2.37. The zero-order valence-electron chi connectivity index (χ0n) is 18.3. The Morgan fingerprint density at radius 1 is 0.967 bits per heavy atom. The summed E-state index contributed by atoms with van der Waals surface area (Å²) in [6.45, 7) is 12.6. The fraction of sp³-hybridized carbons (Fsp3) is 0.565. The van der Waals surface area contributed by atoms with Gasteiger partial charge in [0, 0.05) is 51.4 Å². The molecule has 0 saturated carbocycles. The number of piperazine rings is 1. The molecule has 0 unspecified atom stereocenters. The second-order valence-electron chi connectivity index (χ2n) is 9.03. The van der Waals surface area contributed by atoms with Gasteiger partial charge in [-0.2, -0.15) is 0 Å². The molecule has 0 atom stereocenters. The van der Waals surface area contributed by atoms with Crippen LogP contribution in [0.1, 0.15) is 24.1 Å². The maximum atomic E-state index is 4.93. The molecule has 3 aromatic rings. The highest BCUT2D eigenvalue weighted by Crippen LogP contribution is 2.32. The lowest BCUT2D eigenvalue weighted by molar-refractivity contribution is 0.129. The molecule has 2 aliphatic rings. The van der Waals surface area contributed by atoms with Crippen molar-refractivity contribution in [2.45, 2.75) is 26.7 Å². The summed E-state index contributed by atoms with van der Waals surface area (Å²) < 4.78 is 2.03.